The summed E-state index contributed by atoms with van der Waals surface area (Å²) in [6.45, 7) is 7.38. The topological polar surface area (TPSA) is 92.3 Å². The zero-order valence-electron chi connectivity index (χ0n) is 18.0. The Balaban J connectivity index is 2.02. The Morgan fingerprint density at radius 3 is 2.67 bits per heavy atom. The van der Waals surface area contributed by atoms with Crippen LogP contribution < -0.4 is 9.47 Å². The number of nitrogens with zero attached hydrogens (tertiary/aromatic N) is 4. The minimum absolute atomic E-state index is 0.228. The molecule has 0 saturated heterocycles. The Labute approximate surface area is 199 Å². The highest BCUT2D eigenvalue weighted by molar-refractivity contribution is 7.99. The lowest BCUT2D eigenvalue weighted by Gasteiger charge is -2.18. The summed E-state index contributed by atoms with van der Waals surface area (Å²) in [6.07, 6.45) is 1.58. The zero-order valence-corrected chi connectivity index (χ0v) is 19.6. The van der Waals surface area contributed by atoms with Gasteiger partial charge in [-0.3, -0.25) is 14.7 Å². The van der Waals surface area contributed by atoms with Crippen molar-refractivity contribution in [3.8, 4) is 17.2 Å². The smallest absolute Gasteiger partial charge is 0.220 e. The quantitative estimate of drug-likeness (QED) is 0.152. The third-order valence-corrected chi connectivity index (χ3v) is 5.95. The van der Waals surface area contributed by atoms with Gasteiger partial charge in [0.1, 0.15) is 23.5 Å². The van der Waals surface area contributed by atoms with Crippen LogP contribution in [0.15, 0.2) is 54.2 Å². The van der Waals surface area contributed by atoms with Gasteiger partial charge in [-0.25, -0.2) is 4.39 Å². The number of ether oxygens (including phenoxy) is 2. The lowest BCUT2D eigenvalue weighted by atomic mass is 10.1. The van der Waals surface area contributed by atoms with Crippen LogP contribution in [0.3, 0.4) is 0 Å². The summed E-state index contributed by atoms with van der Waals surface area (Å²) in [4.78, 5) is 11.1. The van der Waals surface area contributed by atoms with E-state index in [0.29, 0.717) is 40.3 Å². The van der Waals surface area contributed by atoms with E-state index in [4.69, 9.17) is 21.1 Å². The average Bonchev–Trinajstić information content (AvgIpc) is 3.13. The van der Waals surface area contributed by atoms with Gasteiger partial charge in [-0.05, 0) is 55.8 Å². The Hall–Kier alpha value is -3.11. The van der Waals surface area contributed by atoms with Crippen LogP contribution in [0, 0.1) is 22.9 Å². The second kappa shape index (κ2) is 11.2. The van der Waals surface area contributed by atoms with Crippen LogP contribution in [0.2, 0.25) is 5.02 Å². The molecule has 11 heteroatoms. The SMILES string of the molecule is C=CCOc1c(Cl)cc([C@@H](C[N+](=O)[O-])Sc2nnc(C)n2-c2ccc(F)cc2)cc1OCC. The van der Waals surface area contributed by atoms with Crippen molar-refractivity contribution in [3.63, 3.8) is 0 Å². The van der Waals surface area contributed by atoms with E-state index in [2.05, 4.69) is 16.8 Å². The van der Waals surface area contributed by atoms with E-state index >= 15 is 0 Å². The van der Waals surface area contributed by atoms with Crippen LogP contribution in [-0.4, -0.2) is 39.4 Å². The molecule has 0 aliphatic carbocycles. The fraction of sp³-hybridized carbons (Fsp3) is 0.273. The summed E-state index contributed by atoms with van der Waals surface area (Å²) in [6, 6.07) is 9.14. The highest BCUT2D eigenvalue weighted by Crippen LogP contribution is 2.43. The molecule has 0 bridgehead atoms. The summed E-state index contributed by atoms with van der Waals surface area (Å²) in [5.41, 5.74) is 1.21. The van der Waals surface area contributed by atoms with Crippen molar-refractivity contribution in [1.82, 2.24) is 14.8 Å². The summed E-state index contributed by atoms with van der Waals surface area (Å²) < 4.78 is 26.4. The molecular weight excluding hydrogens is 471 g/mol. The van der Waals surface area contributed by atoms with Gasteiger partial charge in [0.15, 0.2) is 16.7 Å². The first kappa shape index (κ1) is 24.5. The van der Waals surface area contributed by atoms with Gasteiger partial charge in [0, 0.05) is 10.6 Å². The number of rotatable bonds is 11. The molecule has 3 rings (SSSR count). The first-order chi connectivity index (χ1) is 15.8. The van der Waals surface area contributed by atoms with Gasteiger partial charge in [-0.2, -0.15) is 0 Å². The Morgan fingerprint density at radius 1 is 1.30 bits per heavy atom. The minimum Gasteiger partial charge on any atom is -0.490 e. The molecule has 3 aromatic rings. The number of hydrogen-bond donors (Lipinski definition) is 0. The van der Waals surface area contributed by atoms with Crippen LogP contribution in [0.1, 0.15) is 23.6 Å². The first-order valence-electron chi connectivity index (χ1n) is 10.00. The van der Waals surface area contributed by atoms with E-state index in [-0.39, 0.29) is 17.4 Å². The molecule has 8 nitrogen and oxygen atoms in total. The van der Waals surface area contributed by atoms with Crippen molar-refractivity contribution >= 4 is 23.4 Å². The Bertz CT molecular complexity index is 1140. The number of benzene rings is 2. The predicted octanol–water partition coefficient (Wildman–Crippen LogP) is 5.44. The van der Waals surface area contributed by atoms with Gasteiger partial charge in [0.2, 0.25) is 6.54 Å². The van der Waals surface area contributed by atoms with Gasteiger partial charge in [0.25, 0.3) is 0 Å². The van der Waals surface area contributed by atoms with Crippen molar-refractivity contribution in [1.29, 1.82) is 0 Å². The van der Waals surface area contributed by atoms with Crippen LogP contribution in [0.5, 0.6) is 11.5 Å². The molecule has 1 heterocycles. The van der Waals surface area contributed by atoms with Crippen molar-refractivity contribution in [2.75, 3.05) is 19.8 Å². The summed E-state index contributed by atoms with van der Waals surface area (Å²) in [5.74, 6) is 0.913. The lowest BCUT2D eigenvalue weighted by molar-refractivity contribution is -0.479. The standard InChI is InChI=1S/C22H22ClFN4O4S/c1-4-10-32-21-18(23)11-15(12-19(21)31-5-2)20(13-27(29)30)33-22-26-25-14(3)28(22)17-8-6-16(24)7-9-17/h4,6-9,11-12,20H,1,5,10,13H2,2-3H3/t20-/m1/s1. The summed E-state index contributed by atoms with van der Waals surface area (Å²) >= 11 is 7.61. The number of thioether (sulfide) groups is 1. The maximum Gasteiger partial charge on any atom is 0.220 e. The van der Waals surface area contributed by atoms with Gasteiger partial charge in [-0.15, -0.1) is 10.2 Å². The Kier molecular flexibility index (Phi) is 8.29. The number of halogens is 2. The van der Waals surface area contributed by atoms with Crippen LogP contribution in [0.4, 0.5) is 4.39 Å². The van der Waals surface area contributed by atoms with Gasteiger partial charge in [-0.1, -0.05) is 36.0 Å². The Morgan fingerprint density at radius 2 is 2.03 bits per heavy atom. The number of hydrogen-bond acceptors (Lipinski definition) is 7. The largest absolute Gasteiger partial charge is 0.490 e. The molecule has 2 aromatic carbocycles. The van der Waals surface area contributed by atoms with Crippen molar-refractivity contribution in [2.45, 2.75) is 24.3 Å². The fourth-order valence-electron chi connectivity index (χ4n) is 3.10. The van der Waals surface area contributed by atoms with Crippen molar-refractivity contribution < 1.29 is 18.8 Å². The third kappa shape index (κ3) is 6.02. The predicted molar refractivity (Wildman–Crippen MR) is 125 cm³/mol. The van der Waals surface area contributed by atoms with Crippen LogP contribution in [-0.2, 0) is 0 Å². The molecule has 0 N–H and O–H groups in total. The molecular formula is C22H22ClFN4O4S. The highest BCUT2D eigenvalue weighted by Gasteiger charge is 2.26. The first-order valence-corrected chi connectivity index (χ1v) is 11.3. The van der Waals surface area contributed by atoms with Crippen molar-refractivity contribution in [2.24, 2.45) is 0 Å². The molecule has 0 amide bonds. The van der Waals surface area contributed by atoms with E-state index in [1.54, 1.807) is 41.8 Å². The van der Waals surface area contributed by atoms with E-state index in [1.807, 2.05) is 6.92 Å². The van der Waals surface area contributed by atoms with Crippen LogP contribution in [0.25, 0.3) is 5.69 Å². The monoisotopic (exact) mass is 492 g/mol. The molecule has 0 aliphatic heterocycles. The van der Waals surface area contributed by atoms with Crippen molar-refractivity contribution in [3.05, 3.63) is 81.4 Å². The maximum atomic E-state index is 13.4. The van der Waals surface area contributed by atoms with E-state index in [0.717, 1.165) is 11.8 Å². The van der Waals surface area contributed by atoms with Gasteiger partial charge >= 0.3 is 0 Å². The van der Waals surface area contributed by atoms with E-state index in [9.17, 15) is 14.5 Å². The molecule has 0 aliphatic rings. The molecule has 0 unspecified atom stereocenters. The molecule has 1 atom stereocenters. The number of nitro groups is 1. The molecule has 0 fully saturated rings. The number of aryl methyl sites for hydroxylation is 1. The molecule has 0 radical (unpaired) electrons. The van der Waals surface area contributed by atoms with E-state index < -0.39 is 16.7 Å². The highest BCUT2D eigenvalue weighted by atomic mass is 35.5. The minimum atomic E-state index is -0.659. The summed E-state index contributed by atoms with van der Waals surface area (Å²) in [5, 5.41) is 19.8. The second-order valence-electron chi connectivity index (χ2n) is 6.83. The molecule has 1 aromatic heterocycles. The molecule has 174 valence electrons. The summed E-state index contributed by atoms with van der Waals surface area (Å²) in [7, 11) is 0. The lowest BCUT2D eigenvalue weighted by Crippen LogP contribution is -2.12. The van der Waals surface area contributed by atoms with E-state index in [1.165, 1.54) is 12.1 Å². The number of aromatic nitrogens is 3. The molecule has 33 heavy (non-hydrogen) atoms. The molecule has 0 spiro atoms. The maximum absolute atomic E-state index is 13.4. The zero-order chi connectivity index (χ0) is 24.0. The fourth-order valence-corrected chi connectivity index (χ4v) is 4.53. The average molecular weight is 493 g/mol. The normalized spacial score (nSPS) is 11.8. The second-order valence-corrected chi connectivity index (χ2v) is 8.40. The third-order valence-electron chi connectivity index (χ3n) is 4.49. The molecule has 0 saturated carbocycles. The van der Waals surface area contributed by atoms with Gasteiger partial charge < -0.3 is 9.47 Å². The van der Waals surface area contributed by atoms with Gasteiger partial charge in [0.05, 0.1) is 11.6 Å². The van der Waals surface area contributed by atoms with Crippen LogP contribution >= 0.6 is 23.4 Å².